The van der Waals surface area contributed by atoms with E-state index in [1.807, 2.05) is 12.1 Å². The minimum Gasteiger partial charge on any atom is -0.496 e. The first-order valence-electron chi connectivity index (χ1n) is 8.69. The monoisotopic (exact) mass is 413 g/mol. The van der Waals surface area contributed by atoms with Gasteiger partial charge in [-0.05, 0) is 36.4 Å². The summed E-state index contributed by atoms with van der Waals surface area (Å²) in [6.45, 7) is 0. The second-order valence-electron chi connectivity index (χ2n) is 5.92. The Hall–Kier alpha value is -3.38. The molecule has 3 aromatic carbocycles. The standard InChI is InChI=1S/C22H20ClNO5/c1-26-19-13-21(28-3)20(27-2)12-16(19)22(25)24-14-8-10-15(11-9-14)29-18-7-5-4-6-17(18)23/h4-13H,1-3H3,(H,24,25). The highest BCUT2D eigenvalue weighted by atomic mass is 35.5. The molecule has 29 heavy (non-hydrogen) atoms. The van der Waals surface area contributed by atoms with Crippen LogP contribution in [0.1, 0.15) is 10.4 Å². The molecular weight excluding hydrogens is 394 g/mol. The lowest BCUT2D eigenvalue weighted by Crippen LogP contribution is -2.13. The van der Waals surface area contributed by atoms with Crippen LogP contribution in [0.3, 0.4) is 0 Å². The van der Waals surface area contributed by atoms with E-state index >= 15 is 0 Å². The van der Waals surface area contributed by atoms with Crippen LogP contribution in [0.4, 0.5) is 5.69 Å². The average Bonchev–Trinajstić information content (AvgIpc) is 2.75. The molecule has 0 aliphatic heterocycles. The van der Waals surface area contributed by atoms with Gasteiger partial charge < -0.3 is 24.3 Å². The minimum absolute atomic E-state index is 0.321. The van der Waals surface area contributed by atoms with Crippen molar-refractivity contribution in [3.05, 3.63) is 71.2 Å². The summed E-state index contributed by atoms with van der Waals surface area (Å²) in [7, 11) is 4.51. The fourth-order valence-corrected chi connectivity index (χ4v) is 2.84. The molecule has 6 nitrogen and oxygen atoms in total. The van der Waals surface area contributed by atoms with E-state index in [1.165, 1.54) is 21.3 Å². The summed E-state index contributed by atoms with van der Waals surface area (Å²) in [5, 5.41) is 3.35. The third-order valence-corrected chi connectivity index (χ3v) is 4.44. The van der Waals surface area contributed by atoms with Crippen molar-refractivity contribution in [2.24, 2.45) is 0 Å². The van der Waals surface area contributed by atoms with E-state index in [1.54, 1.807) is 48.5 Å². The molecule has 0 aromatic heterocycles. The van der Waals surface area contributed by atoms with Gasteiger partial charge in [0.1, 0.15) is 17.2 Å². The molecule has 1 amide bonds. The molecule has 7 heteroatoms. The molecule has 3 rings (SSSR count). The van der Waals surface area contributed by atoms with Gasteiger partial charge in [-0.3, -0.25) is 4.79 Å². The Bertz CT molecular complexity index is 1000. The fourth-order valence-electron chi connectivity index (χ4n) is 2.67. The molecule has 0 bridgehead atoms. The molecule has 0 radical (unpaired) electrons. The average molecular weight is 414 g/mol. The molecule has 0 saturated heterocycles. The van der Waals surface area contributed by atoms with Crippen molar-refractivity contribution in [1.82, 2.24) is 0 Å². The minimum atomic E-state index is -0.345. The lowest BCUT2D eigenvalue weighted by atomic mass is 10.1. The third kappa shape index (κ3) is 4.73. The second-order valence-corrected chi connectivity index (χ2v) is 6.33. The summed E-state index contributed by atoms with van der Waals surface area (Å²) in [6, 6.07) is 17.3. The third-order valence-electron chi connectivity index (χ3n) is 4.13. The van der Waals surface area contributed by atoms with E-state index in [0.29, 0.717) is 45.0 Å². The highest BCUT2D eigenvalue weighted by Crippen LogP contribution is 2.35. The van der Waals surface area contributed by atoms with Crippen molar-refractivity contribution >= 4 is 23.2 Å². The number of nitrogens with one attached hydrogen (secondary N) is 1. The van der Waals surface area contributed by atoms with E-state index in [0.717, 1.165) is 0 Å². The lowest BCUT2D eigenvalue weighted by molar-refractivity contribution is 0.102. The second kappa shape index (κ2) is 9.21. The van der Waals surface area contributed by atoms with E-state index in [4.69, 9.17) is 30.5 Å². The first-order valence-corrected chi connectivity index (χ1v) is 9.07. The number of hydrogen-bond acceptors (Lipinski definition) is 5. The number of hydrogen-bond donors (Lipinski definition) is 1. The van der Waals surface area contributed by atoms with Gasteiger partial charge in [-0.1, -0.05) is 23.7 Å². The van der Waals surface area contributed by atoms with Gasteiger partial charge in [0.25, 0.3) is 5.91 Å². The van der Waals surface area contributed by atoms with Crippen LogP contribution in [0.25, 0.3) is 0 Å². The molecule has 0 heterocycles. The Balaban J connectivity index is 1.76. The number of anilines is 1. The Morgan fingerprint density at radius 1 is 0.793 bits per heavy atom. The number of benzene rings is 3. The van der Waals surface area contributed by atoms with Crippen molar-refractivity contribution in [3.8, 4) is 28.7 Å². The highest BCUT2D eigenvalue weighted by Gasteiger charge is 2.18. The Labute approximate surface area is 173 Å². The van der Waals surface area contributed by atoms with Crippen LogP contribution in [0.2, 0.25) is 5.02 Å². The molecular formula is C22H20ClNO5. The Morgan fingerprint density at radius 2 is 1.41 bits per heavy atom. The number of carbonyl (C=O) groups excluding carboxylic acids is 1. The van der Waals surface area contributed by atoms with Crippen molar-refractivity contribution in [2.75, 3.05) is 26.6 Å². The summed E-state index contributed by atoms with van der Waals surface area (Å²) in [5.74, 6) is 2.09. The predicted molar refractivity (Wildman–Crippen MR) is 112 cm³/mol. The van der Waals surface area contributed by atoms with Gasteiger partial charge in [-0.2, -0.15) is 0 Å². The van der Waals surface area contributed by atoms with Crippen LogP contribution in [0.5, 0.6) is 28.7 Å². The first-order chi connectivity index (χ1) is 14.0. The van der Waals surface area contributed by atoms with Gasteiger partial charge in [0.05, 0.1) is 31.9 Å². The highest BCUT2D eigenvalue weighted by molar-refractivity contribution is 6.32. The summed E-state index contributed by atoms with van der Waals surface area (Å²) in [6.07, 6.45) is 0. The topological polar surface area (TPSA) is 66.0 Å². The number of para-hydroxylation sites is 1. The van der Waals surface area contributed by atoms with Crippen LogP contribution in [0.15, 0.2) is 60.7 Å². The van der Waals surface area contributed by atoms with Gasteiger partial charge in [0.15, 0.2) is 11.5 Å². The number of rotatable bonds is 7. The van der Waals surface area contributed by atoms with E-state index in [-0.39, 0.29) is 5.91 Å². The molecule has 0 aliphatic rings. The van der Waals surface area contributed by atoms with Crippen molar-refractivity contribution in [2.45, 2.75) is 0 Å². The smallest absolute Gasteiger partial charge is 0.259 e. The Kier molecular flexibility index (Phi) is 6.46. The predicted octanol–water partition coefficient (Wildman–Crippen LogP) is 5.41. The van der Waals surface area contributed by atoms with Gasteiger partial charge in [0.2, 0.25) is 0 Å². The summed E-state index contributed by atoms with van der Waals surface area (Å²) in [4.78, 5) is 12.7. The van der Waals surface area contributed by atoms with Crippen molar-refractivity contribution in [1.29, 1.82) is 0 Å². The summed E-state index contributed by atoms with van der Waals surface area (Å²) < 4.78 is 21.6. The van der Waals surface area contributed by atoms with Gasteiger partial charge >= 0.3 is 0 Å². The zero-order valence-corrected chi connectivity index (χ0v) is 16.9. The van der Waals surface area contributed by atoms with Gasteiger partial charge in [0, 0.05) is 17.8 Å². The number of halogens is 1. The maximum Gasteiger partial charge on any atom is 0.259 e. The summed E-state index contributed by atoms with van der Waals surface area (Å²) >= 11 is 6.10. The number of amides is 1. The molecule has 0 aliphatic carbocycles. The van der Waals surface area contributed by atoms with Crippen LogP contribution < -0.4 is 24.3 Å². The zero-order valence-electron chi connectivity index (χ0n) is 16.2. The van der Waals surface area contributed by atoms with E-state index in [9.17, 15) is 4.79 Å². The van der Waals surface area contributed by atoms with Crippen molar-refractivity contribution < 1.29 is 23.7 Å². The largest absolute Gasteiger partial charge is 0.496 e. The molecule has 0 spiro atoms. The number of methoxy groups -OCH3 is 3. The lowest BCUT2D eigenvalue weighted by Gasteiger charge is -2.14. The van der Waals surface area contributed by atoms with Crippen LogP contribution in [-0.4, -0.2) is 27.2 Å². The zero-order chi connectivity index (χ0) is 20.8. The molecule has 0 saturated carbocycles. The number of ether oxygens (including phenoxy) is 4. The summed E-state index contributed by atoms with van der Waals surface area (Å²) in [5.41, 5.74) is 0.917. The fraction of sp³-hybridized carbons (Fsp3) is 0.136. The normalized spacial score (nSPS) is 10.2. The number of carbonyl (C=O) groups is 1. The van der Waals surface area contributed by atoms with Gasteiger partial charge in [-0.25, -0.2) is 0 Å². The maximum atomic E-state index is 12.7. The van der Waals surface area contributed by atoms with Crippen molar-refractivity contribution in [3.63, 3.8) is 0 Å². The first kappa shape index (κ1) is 20.4. The molecule has 0 atom stereocenters. The van der Waals surface area contributed by atoms with E-state index < -0.39 is 0 Å². The maximum absolute atomic E-state index is 12.7. The molecule has 150 valence electrons. The Morgan fingerprint density at radius 3 is 2.03 bits per heavy atom. The molecule has 3 aromatic rings. The SMILES string of the molecule is COc1cc(OC)c(C(=O)Nc2ccc(Oc3ccccc3Cl)cc2)cc1OC. The van der Waals surface area contributed by atoms with E-state index in [2.05, 4.69) is 5.32 Å². The van der Waals surface area contributed by atoms with Gasteiger partial charge in [-0.15, -0.1) is 0 Å². The van der Waals surface area contributed by atoms with Crippen LogP contribution in [0, 0.1) is 0 Å². The van der Waals surface area contributed by atoms with Crippen LogP contribution in [-0.2, 0) is 0 Å². The molecule has 1 N–H and O–H groups in total. The molecule has 0 unspecified atom stereocenters. The van der Waals surface area contributed by atoms with Crippen LogP contribution >= 0.6 is 11.6 Å². The quantitative estimate of drug-likeness (QED) is 0.561. The molecule has 0 fully saturated rings.